The van der Waals surface area contributed by atoms with Crippen LogP contribution in [-0.2, 0) is 14.4 Å². The van der Waals surface area contributed by atoms with Gasteiger partial charge in [0.25, 0.3) is 0 Å². The summed E-state index contributed by atoms with van der Waals surface area (Å²) in [4.78, 5) is 37.5. The van der Waals surface area contributed by atoms with Crippen LogP contribution in [0.2, 0.25) is 0 Å². The average molecular weight is 348 g/mol. The fourth-order valence-corrected chi connectivity index (χ4v) is 3.63. The highest BCUT2D eigenvalue weighted by atomic mass is 16.5. The van der Waals surface area contributed by atoms with E-state index in [0.717, 1.165) is 0 Å². The number of hydrogen-bond donors (Lipinski definition) is 3. The molecular formula is C18H24N2O5. The summed E-state index contributed by atoms with van der Waals surface area (Å²) in [7, 11) is 4.45. The average Bonchev–Trinajstić information content (AvgIpc) is 2.59. The quantitative estimate of drug-likeness (QED) is 0.676. The molecular weight excluding hydrogens is 324 g/mol. The Bertz CT molecular complexity index is 669. The zero-order chi connectivity index (χ0) is 18.8. The fourth-order valence-electron chi connectivity index (χ4n) is 3.63. The van der Waals surface area contributed by atoms with Crippen molar-refractivity contribution in [1.29, 1.82) is 0 Å². The minimum atomic E-state index is -1.55. The van der Waals surface area contributed by atoms with E-state index in [-0.39, 0.29) is 12.2 Å². The summed E-state index contributed by atoms with van der Waals surface area (Å²) in [6.07, 6.45) is -0.254. The number of carbonyl (C=O) groups is 3. The van der Waals surface area contributed by atoms with Gasteiger partial charge in [-0.3, -0.25) is 14.4 Å². The van der Waals surface area contributed by atoms with E-state index in [2.05, 4.69) is 10.6 Å². The summed E-state index contributed by atoms with van der Waals surface area (Å²) in [5.41, 5.74) is -0.928. The van der Waals surface area contributed by atoms with Crippen LogP contribution < -0.4 is 15.4 Å². The largest absolute Gasteiger partial charge is 0.497 e. The van der Waals surface area contributed by atoms with Crippen LogP contribution in [0.4, 0.5) is 0 Å². The Hall–Kier alpha value is -2.41. The molecule has 1 aromatic carbocycles. The van der Waals surface area contributed by atoms with Gasteiger partial charge in [0, 0.05) is 26.4 Å². The first-order valence-corrected chi connectivity index (χ1v) is 8.09. The molecule has 0 radical (unpaired) electrons. The van der Waals surface area contributed by atoms with Gasteiger partial charge >= 0.3 is 0 Å². The second-order valence-corrected chi connectivity index (χ2v) is 6.48. The van der Waals surface area contributed by atoms with Crippen molar-refractivity contribution in [2.75, 3.05) is 21.2 Å². The number of Topliss-reactive ketones (excluding diaryl/α,β-unsaturated/α-hetero) is 1. The maximum absolute atomic E-state index is 12.6. The predicted molar refractivity (Wildman–Crippen MR) is 91.1 cm³/mol. The Balaban J connectivity index is 2.61. The van der Waals surface area contributed by atoms with Crippen molar-refractivity contribution in [3.63, 3.8) is 0 Å². The first-order valence-electron chi connectivity index (χ1n) is 8.09. The van der Waals surface area contributed by atoms with Crippen LogP contribution in [0.15, 0.2) is 24.3 Å². The molecule has 136 valence electrons. The number of aliphatic hydroxyl groups is 1. The molecule has 1 saturated carbocycles. The molecule has 1 aromatic rings. The van der Waals surface area contributed by atoms with E-state index in [0.29, 0.717) is 11.3 Å². The van der Waals surface area contributed by atoms with E-state index in [4.69, 9.17) is 4.74 Å². The molecule has 1 fully saturated rings. The first kappa shape index (κ1) is 18.9. The Kier molecular flexibility index (Phi) is 5.47. The number of methoxy groups -OCH3 is 1. The maximum atomic E-state index is 12.6. The Morgan fingerprint density at radius 3 is 2.20 bits per heavy atom. The van der Waals surface area contributed by atoms with Crippen LogP contribution in [0.5, 0.6) is 5.75 Å². The summed E-state index contributed by atoms with van der Waals surface area (Å²) >= 11 is 0. The third-order valence-electron chi connectivity index (χ3n) is 4.83. The Morgan fingerprint density at radius 1 is 1.16 bits per heavy atom. The second-order valence-electron chi connectivity index (χ2n) is 6.48. The zero-order valence-electron chi connectivity index (χ0n) is 14.8. The zero-order valence-corrected chi connectivity index (χ0v) is 14.8. The molecule has 4 unspecified atom stereocenters. The molecule has 7 heteroatoms. The van der Waals surface area contributed by atoms with E-state index >= 15 is 0 Å². The van der Waals surface area contributed by atoms with Gasteiger partial charge in [-0.15, -0.1) is 0 Å². The number of amides is 2. The van der Waals surface area contributed by atoms with Gasteiger partial charge in [-0.1, -0.05) is 12.1 Å². The molecule has 3 N–H and O–H groups in total. The van der Waals surface area contributed by atoms with Crippen molar-refractivity contribution in [2.24, 2.45) is 11.8 Å². The molecule has 0 spiro atoms. The lowest BCUT2D eigenvalue weighted by atomic mass is 9.61. The molecule has 0 aromatic heterocycles. The second kappa shape index (κ2) is 7.23. The van der Waals surface area contributed by atoms with Crippen LogP contribution in [0.3, 0.4) is 0 Å². The van der Waals surface area contributed by atoms with Gasteiger partial charge < -0.3 is 20.5 Å². The van der Waals surface area contributed by atoms with Crippen molar-refractivity contribution in [1.82, 2.24) is 10.6 Å². The van der Waals surface area contributed by atoms with Gasteiger partial charge in [0.2, 0.25) is 11.8 Å². The molecule has 0 aliphatic heterocycles. The van der Waals surface area contributed by atoms with E-state index < -0.39 is 35.2 Å². The van der Waals surface area contributed by atoms with E-state index in [1.165, 1.54) is 28.1 Å². The summed E-state index contributed by atoms with van der Waals surface area (Å²) in [6, 6.07) is 6.82. The smallest absolute Gasteiger partial charge is 0.230 e. The number of ether oxygens (including phenoxy) is 1. The Morgan fingerprint density at radius 2 is 1.72 bits per heavy atom. The molecule has 0 saturated heterocycles. The number of nitrogens with one attached hydrogen (secondary N) is 2. The number of ketones is 1. The Labute approximate surface area is 146 Å². The van der Waals surface area contributed by atoms with Crippen LogP contribution >= 0.6 is 0 Å². The molecule has 2 rings (SSSR count). The van der Waals surface area contributed by atoms with Gasteiger partial charge in [-0.05, 0) is 24.6 Å². The molecule has 1 aliphatic rings. The lowest BCUT2D eigenvalue weighted by Gasteiger charge is -2.44. The van der Waals surface area contributed by atoms with E-state index in [1.54, 1.807) is 24.3 Å². The third kappa shape index (κ3) is 3.51. The van der Waals surface area contributed by atoms with Crippen LogP contribution in [0.1, 0.15) is 24.8 Å². The third-order valence-corrected chi connectivity index (χ3v) is 4.83. The lowest BCUT2D eigenvalue weighted by molar-refractivity contribution is -0.153. The van der Waals surface area contributed by atoms with Crippen molar-refractivity contribution < 1.29 is 24.2 Å². The number of carbonyl (C=O) groups excluding carboxylic acids is 3. The normalized spacial score (nSPS) is 29.0. The molecule has 25 heavy (non-hydrogen) atoms. The van der Waals surface area contributed by atoms with E-state index in [9.17, 15) is 19.5 Å². The van der Waals surface area contributed by atoms with Crippen molar-refractivity contribution in [2.45, 2.75) is 24.9 Å². The number of rotatable bonds is 4. The molecule has 1 aliphatic carbocycles. The number of hydrogen-bond acceptors (Lipinski definition) is 5. The van der Waals surface area contributed by atoms with Crippen molar-refractivity contribution in [3.8, 4) is 5.75 Å². The predicted octanol–water partition coefficient (Wildman–Crippen LogP) is 0.227. The molecule has 0 heterocycles. The highest BCUT2D eigenvalue weighted by Gasteiger charge is 2.55. The fraction of sp³-hybridized carbons (Fsp3) is 0.500. The van der Waals surface area contributed by atoms with Gasteiger partial charge in [-0.25, -0.2) is 0 Å². The van der Waals surface area contributed by atoms with Gasteiger partial charge in [-0.2, -0.15) is 0 Å². The first-order chi connectivity index (χ1) is 11.8. The molecule has 7 nitrogen and oxygen atoms in total. The molecule has 0 bridgehead atoms. The molecule has 4 atom stereocenters. The van der Waals surface area contributed by atoms with Gasteiger partial charge in [0.15, 0.2) is 0 Å². The minimum Gasteiger partial charge on any atom is -0.497 e. The van der Waals surface area contributed by atoms with Crippen molar-refractivity contribution in [3.05, 3.63) is 29.8 Å². The monoisotopic (exact) mass is 348 g/mol. The highest BCUT2D eigenvalue weighted by molar-refractivity contribution is 6.05. The minimum absolute atomic E-state index is 0.254. The lowest BCUT2D eigenvalue weighted by Crippen LogP contribution is -2.57. The van der Waals surface area contributed by atoms with Crippen LogP contribution in [0.25, 0.3) is 0 Å². The highest BCUT2D eigenvalue weighted by Crippen LogP contribution is 2.46. The maximum Gasteiger partial charge on any atom is 0.230 e. The van der Waals surface area contributed by atoms with Crippen LogP contribution in [0, 0.1) is 11.8 Å². The number of benzene rings is 1. The topological polar surface area (TPSA) is 105 Å². The van der Waals surface area contributed by atoms with Gasteiger partial charge in [0.1, 0.15) is 17.5 Å². The van der Waals surface area contributed by atoms with Crippen molar-refractivity contribution >= 4 is 17.6 Å². The SMILES string of the molecule is CNC(=O)C1C(=O)CC(C)(O)C(C(=O)NC)C1c1ccc(OC)cc1. The summed E-state index contributed by atoms with van der Waals surface area (Å²) in [5, 5.41) is 15.8. The molecule has 2 amide bonds. The standard InChI is InChI=1S/C18H24N2O5/c1-18(24)9-12(21)14(16(22)19-2)13(15(18)17(23)20-3)10-5-7-11(25-4)8-6-10/h5-8,13-15,24H,9H2,1-4H3,(H,19,22)(H,20,23). The summed E-state index contributed by atoms with van der Waals surface area (Å²) < 4.78 is 5.13. The van der Waals surface area contributed by atoms with Crippen LogP contribution in [-0.4, -0.2) is 49.5 Å². The summed E-state index contributed by atoms with van der Waals surface area (Å²) in [5.74, 6) is -3.40. The van der Waals surface area contributed by atoms with Gasteiger partial charge in [0.05, 0.1) is 18.6 Å². The summed E-state index contributed by atoms with van der Waals surface area (Å²) in [6.45, 7) is 1.46. The van der Waals surface area contributed by atoms with E-state index in [1.807, 2.05) is 0 Å².